The fraction of sp³-hybridized carbons (Fsp3) is 0.400. The Bertz CT molecular complexity index is 560. The number of hydrogen-bond donors (Lipinski definition) is 1. The summed E-state index contributed by atoms with van der Waals surface area (Å²) in [6.45, 7) is 0.349. The molecule has 1 heterocycles. The van der Waals surface area contributed by atoms with Gasteiger partial charge in [-0.15, -0.1) is 0 Å². The number of nitrogens with zero attached hydrogens (tertiary/aromatic N) is 1. The molecule has 4 nitrogen and oxygen atoms in total. The molecular weight excluding hydrogens is 272 g/mol. The number of benzene rings is 1. The van der Waals surface area contributed by atoms with Gasteiger partial charge in [0.05, 0.1) is 6.54 Å². The van der Waals surface area contributed by atoms with E-state index < -0.39 is 0 Å². The van der Waals surface area contributed by atoms with Crippen LogP contribution in [0.15, 0.2) is 24.3 Å². The third kappa shape index (κ3) is 2.22. The predicted molar refractivity (Wildman–Crippen MR) is 78.7 cm³/mol. The third-order valence-electron chi connectivity index (χ3n) is 4.24. The second-order valence-corrected chi connectivity index (χ2v) is 5.97. The zero-order valence-electron chi connectivity index (χ0n) is 11.0. The number of imide groups is 1. The summed E-state index contributed by atoms with van der Waals surface area (Å²) in [6, 6.07) is 7.38. The molecule has 1 saturated carbocycles. The number of amides is 2. The van der Waals surface area contributed by atoms with Crippen molar-refractivity contribution in [1.82, 2.24) is 4.90 Å². The van der Waals surface area contributed by atoms with Gasteiger partial charge in [0.15, 0.2) is 0 Å². The van der Waals surface area contributed by atoms with Crippen LogP contribution in [0.1, 0.15) is 30.4 Å². The topological polar surface area (TPSA) is 63.4 Å². The second kappa shape index (κ2) is 4.98. The molecule has 1 aromatic carbocycles. The van der Waals surface area contributed by atoms with Crippen molar-refractivity contribution in [2.45, 2.75) is 25.8 Å². The van der Waals surface area contributed by atoms with Crippen molar-refractivity contribution < 1.29 is 9.59 Å². The average Bonchev–Trinajstić information content (AvgIpc) is 2.89. The molecule has 2 aliphatic rings. The highest BCUT2D eigenvalue weighted by Gasteiger charge is 2.44. The summed E-state index contributed by atoms with van der Waals surface area (Å²) in [6.07, 6.45) is 2.45. The number of carbonyl (C=O) groups excluding carboxylic acids is 2. The zero-order valence-corrected chi connectivity index (χ0v) is 11.9. The lowest BCUT2D eigenvalue weighted by Crippen LogP contribution is -2.45. The van der Waals surface area contributed by atoms with E-state index in [9.17, 15) is 9.59 Å². The molecule has 3 rings (SSSR count). The molecule has 0 radical (unpaired) electrons. The van der Waals surface area contributed by atoms with E-state index in [2.05, 4.69) is 0 Å². The number of hydrogen-bond acceptors (Lipinski definition) is 3. The van der Waals surface area contributed by atoms with Gasteiger partial charge in [-0.3, -0.25) is 14.5 Å². The summed E-state index contributed by atoms with van der Waals surface area (Å²) in [5, 5.41) is 0. The Hall–Kier alpha value is -1.75. The van der Waals surface area contributed by atoms with Crippen LogP contribution in [0.5, 0.6) is 0 Å². The minimum atomic E-state index is -0.0119. The van der Waals surface area contributed by atoms with E-state index in [1.165, 1.54) is 4.90 Å². The van der Waals surface area contributed by atoms with Gasteiger partial charge < -0.3 is 5.73 Å². The van der Waals surface area contributed by atoms with Gasteiger partial charge in [-0.2, -0.15) is 0 Å². The van der Waals surface area contributed by atoms with Crippen LogP contribution in [-0.4, -0.2) is 21.7 Å². The first kappa shape index (κ1) is 13.2. The van der Waals surface area contributed by atoms with Crippen LogP contribution in [0, 0.1) is 11.8 Å². The summed E-state index contributed by atoms with van der Waals surface area (Å²) in [7, 11) is 0. The van der Waals surface area contributed by atoms with Gasteiger partial charge in [0, 0.05) is 17.4 Å². The number of rotatable bonds is 3. The maximum absolute atomic E-state index is 12.2. The van der Waals surface area contributed by atoms with Crippen LogP contribution >= 0.6 is 12.2 Å². The Kier molecular flexibility index (Phi) is 3.30. The van der Waals surface area contributed by atoms with E-state index in [1.807, 2.05) is 24.3 Å². The minimum absolute atomic E-state index is 0.0119. The molecule has 2 amide bonds. The first-order valence-electron chi connectivity index (χ1n) is 6.80. The van der Waals surface area contributed by atoms with Gasteiger partial charge in [-0.05, 0) is 24.8 Å². The van der Waals surface area contributed by atoms with E-state index in [-0.39, 0.29) is 23.7 Å². The van der Waals surface area contributed by atoms with Gasteiger partial charge in [0.1, 0.15) is 4.99 Å². The first-order chi connectivity index (χ1) is 9.56. The Labute approximate surface area is 122 Å². The molecule has 2 unspecified atom stereocenters. The number of piperidine rings is 1. The van der Waals surface area contributed by atoms with Crippen molar-refractivity contribution in [1.29, 1.82) is 0 Å². The molecule has 20 heavy (non-hydrogen) atoms. The van der Waals surface area contributed by atoms with Gasteiger partial charge >= 0.3 is 0 Å². The maximum Gasteiger partial charge on any atom is 0.232 e. The normalized spacial score (nSPS) is 25.1. The summed E-state index contributed by atoms with van der Waals surface area (Å²) in [5.41, 5.74) is 7.27. The summed E-state index contributed by atoms with van der Waals surface area (Å²) >= 11 is 4.90. The molecule has 2 N–H and O–H groups in total. The van der Waals surface area contributed by atoms with E-state index in [1.54, 1.807) is 0 Å². The zero-order chi connectivity index (χ0) is 14.3. The quantitative estimate of drug-likeness (QED) is 0.678. The van der Waals surface area contributed by atoms with Crippen LogP contribution in [0.4, 0.5) is 0 Å². The van der Waals surface area contributed by atoms with Crippen LogP contribution in [0.2, 0.25) is 0 Å². The Balaban J connectivity index is 1.78. The van der Waals surface area contributed by atoms with Crippen molar-refractivity contribution in [3.05, 3.63) is 35.4 Å². The standard InChI is InChI=1S/C15H16N2O2S/c16-13(20)10-3-1-9(2-4-10)8-17-14(18)11-5-6-12(7-11)15(17)19/h1-4,11-12H,5-8H2,(H2,16,20). The molecule has 104 valence electrons. The van der Waals surface area contributed by atoms with Gasteiger partial charge in [-0.25, -0.2) is 0 Å². The molecule has 2 bridgehead atoms. The summed E-state index contributed by atoms with van der Waals surface area (Å²) in [5.74, 6) is 0.0755. The first-order valence-corrected chi connectivity index (χ1v) is 7.21. The highest BCUT2D eigenvalue weighted by Crippen LogP contribution is 2.38. The Morgan fingerprint density at radius 3 is 2.20 bits per heavy atom. The van der Waals surface area contributed by atoms with E-state index in [0.29, 0.717) is 11.5 Å². The average molecular weight is 288 g/mol. The fourth-order valence-electron chi connectivity index (χ4n) is 3.09. The largest absolute Gasteiger partial charge is 0.389 e. The fourth-order valence-corrected chi connectivity index (χ4v) is 3.23. The highest BCUT2D eigenvalue weighted by atomic mass is 32.1. The highest BCUT2D eigenvalue weighted by molar-refractivity contribution is 7.80. The number of likely N-dealkylation sites (tertiary alicyclic amines) is 1. The Morgan fingerprint density at radius 1 is 1.15 bits per heavy atom. The lowest BCUT2D eigenvalue weighted by atomic mass is 9.96. The molecule has 1 aliphatic heterocycles. The number of fused-ring (bicyclic) bond motifs is 2. The minimum Gasteiger partial charge on any atom is -0.389 e. The molecule has 2 atom stereocenters. The van der Waals surface area contributed by atoms with Gasteiger partial charge in [0.25, 0.3) is 0 Å². The molecule has 2 fully saturated rings. The van der Waals surface area contributed by atoms with Crippen molar-refractivity contribution in [2.75, 3.05) is 0 Å². The summed E-state index contributed by atoms with van der Waals surface area (Å²) in [4.78, 5) is 26.2. The molecule has 1 aromatic rings. The van der Waals surface area contributed by atoms with Crippen molar-refractivity contribution in [3.63, 3.8) is 0 Å². The molecule has 0 spiro atoms. The molecule has 0 aromatic heterocycles. The van der Waals surface area contributed by atoms with Crippen LogP contribution in [0.3, 0.4) is 0 Å². The predicted octanol–water partition coefficient (Wildman–Crippen LogP) is 1.61. The second-order valence-electron chi connectivity index (χ2n) is 5.53. The van der Waals surface area contributed by atoms with E-state index in [4.69, 9.17) is 18.0 Å². The number of nitrogens with two attached hydrogens (primary N) is 1. The third-order valence-corrected chi connectivity index (χ3v) is 4.48. The summed E-state index contributed by atoms with van der Waals surface area (Å²) < 4.78 is 0. The van der Waals surface area contributed by atoms with E-state index in [0.717, 1.165) is 30.4 Å². The SMILES string of the molecule is NC(=S)c1ccc(CN2C(=O)C3CCC(C3)C2=O)cc1. The van der Waals surface area contributed by atoms with E-state index >= 15 is 0 Å². The van der Waals surface area contributed by atoms with Crippen LogP contribution < -0.4 is 5.73 Å². The lowest BCUT2D eigenvalue weighted by Gasteiger charge is -2.29. The molecule has 1 saturated heterocycles. The molecule has 1 aliphatic carbocycles. The molecule has 5 heteroatoms. The molecular formula is C15H16N2O2S. The van der Waals surface area contributed by atoms with Crippen LogP contribution in [-0.2, 0) is 16.1 Å². The Morgan fingerprint density at radius 2 is 1.70 bits per heavy atom. The smallest absolute Gasteiger partial charge is 0.232 e. The van der Waals surface area contributed by atoms with Gasteiger partial charge in [-0.1, -0.05) is 36.5 Å². The maximum atomic E-state index is 12.2. The monoisotopic (exact) mass is 288 g/mol. The van der Waals surface area contributed by atoms with Gasteiger partial charge in [0.2, 0.25) is 11.8 Å². The van der Waals surface area contributed by atoms with Crippen LogP contribution in [0.25, 0.3) is 0 Å². The van der Waals surface area contributed by atoms with Crippen molar-refractivity contribution in [3.8, 4) is 0 Å². The van der Waals surface area contributed by atoms with Crippen molar-refractivity contribution >= 4 is 29.0 Å². The van der Waals surface area contributed by atoms with Crippen molar-refractivity contribution in [2.24, 2.45) is 17.6 Å². The number of thiocarbonyl (C=S) groups is 1. The number of carbonyl (C=O) groups is 2. The lowest BCUT2D eigenvalue weighted by molar-refractivity contribution is -0.153.